The van der Waals surface area contributed by atoms with Crippen molar-refractivity contribution in [1.29, 1.82) is 0 Å². The summed E-state index contributed by atoms with van der Waals surface area (Å²) in [6.07, 6.45) is 4.39. The highest BCUT2D eigenvalue weighted by Gasteiger charge is 2.33. The van der Waals surface area contributed by atoms with Gasteiger partial charge in [-0.3, -0.25) is 14.3 Å². The van der Waals surface area contributed by atoms with Gasteiger partial charge >= 0.3 is 0 Å². The number of morpholine rings is 1. The normalized spacial score (nSPS) is 17.6. The van der Waals surface area contributed by atoms with Crippen LogP contribution in [0.4, 0.5) is 0 Å². The second kappa shape index (κ2) is 7.94. The molecule has 0 radical (unpaired) electrons. The van der Waals surface area contributed by atoms with Gasteiger partial charge in [0.05, 0.1) is 12.8 Å². The van der Waals surface area contributed by atoms with E-state index in [-0.39, 0.29) is 25.0 Å². The van der Waals surface area contributed by atoms with Gasteiger partial charge in [-0.2, -0.15) is 5.10 Å². The molecule has 1 aromatic carbocycles. The fraction of sp³-hybridized carbons (Fsp3) is 0.389. The first-order chi connectivity index (χ1) is 12.1. The highest BCUT2D eigenvalue weighted by molar-refractivity contribution is 5.89. The summed E-state index contributed by atoms with van der Waals surface area (Å²) in [4.78, 5) is 26.4. The molecule has 2 amide bonds. The van der Waals surface area contributed by atoms with Crippen LogP contribution in [0, 0.1) is 0 Å². The summed E-state index contributed by atoms with van der Waals surface area (Å²) in [5.41, 5.74) is 2.05. The minimum absolute atomic E-state index is 0.0201. The molecule has 2 aromatic rings. The predicted octanol–water partition coefficient (Wildman–Crippen LogP) is 0.506. The van der Waals surface area contributed by atoms with E-state index >= 15 is 0 Å². The van der Waals surface area contributed by atoms with E-state index in [0.717, 1.165) is 11.1 Å². The van der Waals surface area contributed by atoms with Crippen LogP contribution >= 0.6 is 0 Å². The summed E-state index contributed by atoms with van der Waals surface area (Å²) < 4.78 is 7.01. The Morgan fingerprint density at radius 3 is 2.84 bits per heavy atom. The van der Waals surface area contributed by atoms with Crippen molar-refractivity contribution in [1.82, 2.24) is 20.0 Å². The monoisotopic (exact) mass is 342 g/mol. The molecule has 0 aliphatic carbocycles. The molecule has 1 aliphatic rings. The zero-order valence-electron chi connectivity index (χ0n) is 14.2. The van der Waals surface area contributed by atoms with E-state index in [9.17, 15) is 9.59 Å². The highest BCUT2D eigenvalue weighted by atomic mass is 16.5. The largest absolute Gasteiger partial charge is 0.369 e. The molecule has 0 saturated carbocycles. The lowest BCUT2D eigenvalue weighted by Crippen LogP contribution is -2.56. The molecule has 25 heavy (non-hydrogen) atoms. The van der Waals surface area contributed by atoms with Crippen molar-refractivity contribution in [2.45, 2.75) is 19.0 Å². The standard InChI is InChI=1S/C18H22N4O3/c1-21-10-15(9-20-21)7-8-19-18(24)16-12-25-13-17(23)22(16)11-14-5-3-2-4-6-14/h2-6,9-10,16H,7-8,11-13H2,1H3,(H,19,24)/t16-/m0/s1. The highest BCUT2D eigenvalue weighted by Crippen LogP contribution is 2.14. The Bertz CT molecular complexity index is 729. The van der Waals surface area contributed by atoms with Gasteiger partial charge in [-0.1, -0.05) is 30.3 Å². The van der Waals surface area contributed by atoms with Crippen molar-refractivity contribution in [3.05, 3.63) is 53.9 Å². The molecule has 0 spiro atoms. The van der Waals surface area contributed by atoms with Crippen molar-refractivity contribution in [2.24, 2.45) is 7.05 Å². The molecule has 7 nitrogen and oxygen atoms in total. The van der Waals surface area contributed by atoms with Crippen molar-refractivity contribution in [3.8, 4) is 0 Å². The van der Waals surface area contributed by atoms with Crippen LogP contribution in [0.2, 0.25) is 0 Å². The lowest BCUT2D eigenvalue weighted by atomic mass is 10.1. The zero-order valence-corrected chi connectivity index (χ0v) is 14.2. The molecule has 3 rings (SSSR count). The van der Waals surface area contributed by atoms with Crippen molar-refractivity contribution in [3.63, 3.8) is 0 Å². The van der Waals surface area contributed by atoms with Crippen LogP contribution in [0.5, 0.6) is 0 Å². The summed E-state index contributed by atoms with van der Waals surface area (Å²) in [5.74, 6) is -0.351. The minimum atomic E-state index is -0.602. The Balaban J connectivity index is 1.59. The van der Waals surface area contributed by atoms with E-state index < -0.39 is 6.04 Å². The number of nitrogens with zero attached hydrogens (tertiary/aromatic N) is 3. The fourth-order valence-corrected chi connectivity index (χ4v) is 2.85. The van der Waals surface area contributed by atoms with E-state index in [1.807, 2.05) is 43.6 Å². The van der Waals surface area contributed by atoms with Gasteiger partial charge in [0.15, 0.2) is 0 Å². The molecule has 2 heterocycles. The van der Waals surface area contributed by atoms with Crippen LogP contribution in [-0.2, 0) is 34.3 Å². The summed E-state index contributed by atoms with van der Waals surface area (Å²) in [6.45, 7) is 1.14. The molecule has 0 bridgehead atoms. The number of nitrogens with one attached hydrogen (secondary N) is 1. The third-order valence-electron chi connectivity index (χ3n) is 4.17. The molecule has 1 fully saturated rings. The molecular formula is C18H22N4O3. The molecule has 0 unspecified atom stereocenters. The first kappa shape index (κ1) is 17.2. The topological polar surface area (TPSA) is 76.5 Å². The number of carbonyl (C=O) groups excluding carboxylic acids is 2. The van der Waals surface area contributed by atoms with Crippen LogP contribution in [0.25, 0.3) is 0 Å². The first-order valence-corrected chi connectivity index (χ1v) is 8.30. The number of hydrogen-bond acceptors (Lipinski definition) is 4. The van der Waals surface area contributed by atoms with Crippen LogP contribution in [0.15, 0.2) is 42.7 Å². The van der Waals surface area contributed by atoms with Crippen LogP contribution < -0.4 is 5.32 Å². The second-order valence-electron chi connectivity index (χ2n) is 6.10. The summed E-state index contributed by atoms with van der Waals surface area (Å²) in [7, 11) is 1.86. The SMILES string of the molecule is Cn1cc(CCNC(=O)[C@@H]2COCC(=O)N2Cc2ccccc2)cn1. The number of hydrogen-bond donors (Lipinski definition) is 1. The first-order valence-electron chi connectivity index (χ1n) is 8.30. The summed E-state index contributed by atoms with van der Waals surface area (Å²) >= 11 is 0. The molecule has 1 saturated heterocycles. The van der Waals surface area contributed by atoms with Gasteiger partial charge in [0.1, 0.15) is 12.6 Å². The molecule has 7 heteroatoms. The van der Waals surface area contributed by atoms with Gasteiger partial charge in [-0.15, -0.1) is 0 Å². The van der Waals surface area contributed by atoms with Gasteiger partial charge in [-0.25, -0.2) is 0 Å². The smallest absolute Gasteiger partial charge is 0.249 e. The van der Waals surface area contributed by atoms with Crippen molar-refractivity contribution < 1.29 is 14.3 Å². The number of aromatic nitrogens is 2. The van der Waals surface area contributed by atoms with Crippen LogP contribution in [-0.4, -0.2) is 52.3 Å². The quantitative estimate of drug-likeness (QED) is 0.830. The number of carbonyl (C=O) groups is 2. The molecule has 1 aromatic heterocycles. The number of rotatable bonds is 6. The maximum Gasteiger partial charge on any atom is 0.249 e. The minimum Gasteiger partial charge on any atom is -0.369 e. The van der Waals surface area contributed by atoms with Gasteiger partial charge in [0.2, 0.25) is 11.8 Å². The second-order valence-corrected chi connectivity index (χ2v) is 6.10. The van der Waals surface area contributed by atoms with E-state index in [4.69, 9.17) is 4.74 Å². The average Bonchev–Trinajstić information content (AvgIpc) is 3.03. The predicted molar refractivity (Wildman–Crippen MR) is 91.5 cm³/mol. The Morgan fingerprint density at radius 2 is 2.12 bits per heavy atom. The fourth-order valence-electron chi connectivity index (χ4n) is 2.85. The summed E-state index contributed by atoms with van der Waals surface area (Å²) in [6, 6.07) is 9.05. The van der Waals surface area contributed by atoms with Gasteiger partial charge in [0.25, 0.3) is 0 Å². The van der Waals surface area contributed by atoms with Gasteiger partial charge in [0, 0.05) is 26.3 Å². The average molecular weight is 342 g/mol. The number of ether oxygens (including phenoxy) is 1. The maximum atomic E-state index is 12.5. The van der Waals surface area contributed by atoms with Gasteiger partial charge < -0.3 is 15.0 Å². The summed E-state index contributed by atoms with van der Waals surface area (Å²) in [5, 5.41) is 7.00. The Kier molecular flexibility index (Phi) is 5.45. The lowest BCUT2D eigenvalue weighted by molar-refractivity contribution is -0.155. The van der Waals surface area contributed by atoms with Crippen LogP contribution in [0.1, 0.15) is 11.1 Å². The number of benzene rings is 1. The van der Waals surface area contributed by atoms with Crippen LogP contribution in [0.3, 0.4) is 0 Å². The molecule has 1 atom stereocenters. The van der Waals surface area contributed by atoms with Crippen molar-refractivity contribution >= 4 is 11.8 Å². The maximum absolute atomic E-state index is 12.5. The van der Waals surface area contributed by atoms with Gasteiger partial charge in [-0.05, 0) is 17.5 Å². The third kappa shape index (κ3) is 4.45. The number of aryl methyl sites for hydroxylation is 1. The lowest BCUT2D eigenvalue weighted by Gasteiger charge is -2.34. The Labute approximate surface area is 146 Å². The zero-order chi connectivity index (χ0) is 17.6. The Hall–Kier alpha value is -2.67. The van der Waals surface area contributed by atoms with E-state index in [2.05, 4.69) is 10.4 Å². The Morgan fingerprint density at radius 1 is 1.32 bits per heavy atom. The van der Waals surface area contributed by atoms with Crippen molar-refractivity contribution in [2.75, 3.05) is 19.8 Å². The van der Waals surface area contributed by atoms with E-state index in [1.165, 1.54) is 0 Å². The van der Waals surface area contributed by atoms with E-state index in [0.29, 0.717) is 19.5 Å². The molecular weight excluding hydrogens is 320 g/mol. The third-order valence-corrected chi connectivity index (χ3v) is 4.17. The van der Waals surface area contributed by atoms with E-state index in [1.54, 1.807) is 15.8 Å². The molecule has 1 N–H and O–H groups in total. The number of amides is 2. The molecule has 1 aliphatic heterocycles. The molecule has 132 valence electrons.